The molecule has 0 heterocycles. The molecule has 0 aliphatic rings. The van der Waals surface area contributed by atoms with Crippen LogP contribution in [0.1, 0.15) is 111 Å². The first-order valence-corrected chi connectivity index (χ1v) is 11.5. The molecular formula is C23H45NO4. The first kappa shape index (κ1) is 26.7. The van der Waals surface area contributed by atoms with Gasteiger partial charge in [-0.3, -0.25) is 4.79 Å². The summed E-state index contributed by atoms with van der Waals surface area (Å²) in [5.74, 6) is 0.0290. The van der Waals surface area contributed by atoms with Gasteiger partial charge in [0.1, 0.15) is 0 Å². The summed E-state index contributed by atoms with van der Waals surface area (Å²) in [5.41, 5.74) is 0. The predicted molar refractivity (Wildman–Crippen MR) is 115 cm³/mol. The zero-order valence-corrected chi connectivity index (χ0v) is 18.9. The zero-order valence-electron chi connectivity index (χ0n) is 18.9. The highest BCUT2D eigenvalue weighted by Gasteiger charge is 2.13. The number of esters is 1. The van der Waals surface area contributed by atoms with E-state index in [0.717, 1.165) is 12.8 Å². The number of ether oxygens (including phenoxy) is 2. The lowest BCUT2D eigenvalue weighted by atomic mass is 10.1. The van der Waals surface area contributed by atoms with E-state index in [2.05, 4.69) is 12.2 Å². The molecule has 0 aliphatic carbocycles. The van der Waals surface area contributed by atoms with E-state index in [9.17, 15) is 9.59 Å². The summed E-state index contributed by atoms with van der Waals surface area (Å²) in [6, 6.07) is -0.283. The van der Waals surface area contributed by atoms with Gasteiger partial charge in [0.25, 0.3) is 0 Å². The lowest BCUT2D eigenvalue weighted by Crippen LogP contribution is -2.35. The number of nitrogens with one attached hydrogen (secondary N) is 1. The fourth-order valence-corrected chi connectivity index (χ4v) is 2.97. The number of hydrogen-bond donors (Lipinski definition) is 1. The fourth-order valence-electron chi connectivity index (χ4n) is 2.97. The summed E-state index contributed by atoms with van der Waals surface area (Å²) in [4.78, 5) is 23.3. The minimum absolute atomic E-state index is 0.176. The highest BCUT2D eigenvalue weighted by molar-refractivity contribution is 5.72. The van der Waals surface area contributed by atoms with Gasteiger partial charge >= 0.3 is 12.1 Å². The van der Waals surface area contributed by atoms with Crippen molar-refractivity contribution in [1.29, 1.82) is 0 Å². The molecule has 166 valence electrons. The van der Waals surface area contributed by atoms with Gasteiger partial charge in [0.05, 0.1) is 19.6 Å². The Kier molecular flexibility index (Phi) is 18.2. The van der Waals surface area contributed by atoms with Crippen molar-refractivity contribution in [1.82, 2.24) is 5.32 Å². The second kappa shape index (κ2) is 19.1. The Morgan fingerprint density at radius 1 is 0.750 bits per heavy atom. The van der Waals surface area contributed by atoms with Gasteiger partial charge in [-0.15, -0.1) is 0 Å². The predicted octanol–water partition coefficient (Wildman–Crippen LogP) is 6.39. The lowest BCUT2D eigenvalue weighted by molar-refractivity contribution is -0.144. The van der Waals surface area contributed by atoms with Gasteiger partial charge in [-0.25, -0.2) is 4.79 Å². The average Bonchev–Trinajstić information content (AvgIpc) is 2.63. The molecule has 1 unspecified atom stereocenters. The third-order valence-corrected chi connectivity index (χ3v) is 4.65. The lowest BCUT2D eigenvalue weighted by Gasteiger charge is -2.14. The van der Waals surface area contributed by atoms with Gasteiger partial charge in [-0.1, -0.05) is 91.4 Å². The Labute approximate surface area is 173 Å². The van der Waals surface area contributed by atoms with Gasteiger partial charge in [0.2, 0.25) is 0 Å². The van der Waals surface area contributed by atoms with E-state index in [1.165, 1.54) is 64.2 Å². The van der Waals surface area contributed by atoms with Crippen LogP contribution >= 0.6 is 0 Å². The Bertz CT molecular complexity index is 385. The van der Waals surface area contributed by atoms with Crippen molar-refractivity contribution in [3.8, 4) is 0 Å². The Morgan fingerprint density at radius 2 is 1.25 bits per heavy atom. The molecule has 0 aromatic rings. The second-order valence-corrected chi connectivity index (χ2v) is 8.35. The number of rotatable bonds is 18. The standard InChI is InChI=1S/C23H45NO4/c1-5-6-7-8-9-10-11-12-13-14-15-16-17-27-22(25)18-21(4)24-23(26)28-19-20(2)3/h20-21H,5-19H2,1-4H3,(H,24,26). The molecule has 0 spiro atoms. The van der Waals surface area contributed by atoms with Gasteiger partial charge in [-0.2, -0.15) is 0 Å². The van der Waals surface area contributed by atoms with Crippen LogP contribution in [0.5, 0.6) is 0 Å². The van der Waals surface area contributed by atoms with Crippen LogP contribution in [-0.4, -0.2) is 31.3 Å². The maximum absolute atomic E-state index is 11.8. The smallest absolute Gasteiger partial charge is 0.407 e. The van der Waals surface area contributed by atoms with E-state index in [4.69, 9.17) is 9.47 Å². The van der Waals surface area contributed by atoms with Crippen LogP contribution < -0.4 is 5.32 Å². The fraction of sp³-hybridized carbons (Fsp3) is 0.913. The molecule has 0 saturated carbocycles. The number of unbranched alkanes of at least 4 members (excludes halogenated alkanes) is 11. The highest BCUT2D eigenvalue weighted by atomic mass is 16.5. The van der Waals surface area contributed by atoms with Crippen molar-refractivity contribution in [2.75, 3.05) is 13.2 Å². The third-order valence-electron chi connectivity index (χ3n) is 4.65. The van der Waals surface area contributed by atoms with E-state index in [0.29, 0.717) is 19.1 Å². The van der Waals surface area contributed by atoms with Crippen LogP contribution in [0.25, 0.3) is 0 Å². The number of alkyl carbamates (subject to hydrolysis) is 1. The molecule has 1 atom stereocenters. The van der Waals surface area contributed by atoms with Crippen LogP contribution in [0.4, 0.5) is 4.79 Å². The first-order chi connectivity index (χ1) is 13.5. The van der Waals surface area contributed by atoms with E-state index in [-0.39, 0.29) is 18.4 Å². The van der Waals surface area contributed by atoms with E-state index >= 15 is 0 Å². The maximum Gasteiger partial charge on any atom is 0.407 e. The molecule has 0 bridgehead atoms. The molecular weight excluding hydrogens is 354 g/mol. The Hall–Kier alpha value is -1.26. The van der Waals surface area contributed by atoms with Crippen LogP contribution in [-0.2, 0) is 14.3 Å². The normalized spacial score (nSPS) is 12.0. The van der Waals surface area contributed by atoms with Crippen LogP contribution in [0, 0.1) is 5.92 Å². The minimum Gasteiger partial charge on any atom is -0.466 e. The second-order valence-electron chi connectivity index (χ2n) is 8.35. The van der Waals surface area contributed by atoms with Gasteiger partial charge in [0, 0.05) is 6.04 Å². The van der Waals surface area contributed by atoms with Crippen LogP contribution in [0.2, 0.25) is 0 Å². The number of amides is 1. The highest BCUT2D eigenvalue weighted by Crippen LogP contribution is 2.12. The molecule has 0 aromatic heterocycles. The molecule has 0 aliphatic heterocycles. The van der Waals surface area contributed by atoms with Crippen molar-refractivity contribution in [3.63, 3.8) is 0 Å². The molecule has 1 amide bonds. The summed E-state index contributed by atoms with van der Waals surface area (Å²) in [5, 5.41) is 2.65. The Balaban J connectivity index is 3.41. The summed E-state index contributed by atoms with van der Waals surface area (Å²) >= 11 is 0. The molecule has 5 nitrogen and oxygen atoms in total. The van der Waals surface area contributed by atoms with Crippen molar-refractivity contribution in [2.45, 2.75) is 117 Å². The number of hydrogen-bond acceptors (Lipinski definition) is 4. The summed E-state index contributed by atoms with van der Waals surface area (Å²) in [7, 11) is 0. The molecule has 0 saturated heterocycles. The molecule has 0 fully saturated rings. The minimum atomic E-state index is -0.477. The number of carbonyl (C=O) groups is 2. The topological polar surface area (TPSA) is 64.6 Å². The molecule has 28 heavy (non-hydrogen) atoms. The summed E-state index contributed by atoms with van der Waals surface area (Å²) < 4.78 is 10.3. The zero-order chi connectivity index (χ0) is 21.0. The third kappa shape index (κ3) is 19.5. The van der Waals surface area contributed by atoms with Gasteiger partial charge < -0.3 is 14.8 Å². The van der Waals surface area contributed by atoms with Gasteiger partial charge in [0.15, 0.2) is 0 Å². The molecule has 0 aromatic carbocycles. The monoisotopic (exact) mass is 399 g/mol. The van der Waals surface area contributed by atoms with Crippen molar-refractivity contribution in [2.24, 2.45) is 5.92 Å². The van der Waals surface area contributed by atoms with Crippen LogP contribution in [0.15, 0.2) is 0 Å². The molecule has 0 rings (SSSR count). The van der Waals surface area contributed by atoms with E-state index in [1.54, 1.807) is 6.92 Å². The summed E-state index contributed by atoms with van der Waals surface area (Å²) in [6.07, 6.45) is 15.1. The van der Waals surface area contributed by atoms with Crippen LogP contribution in [0.3, 0.4) is 0 Å². The van der Waals surface area contributed by atoms with Crippen molar-refractivity contribution < 1.29 is 19.1 Å². The van der Waals surface area contributed by atoms with Crippen molar-refractivity contribution in [3.05, 3.63) is 0 Å². The number of carbonyl (C=O) groups excluding carboxylic acids is 2. The first-order valence-electron chi connectivity index (χ1n) is 11.5. The quantitative estimate of drug-likeness (QED) is 0.214. The van der Waals surface area contributed by atoms with E-state index < -0.39 is 6.09 Å². The summed E-state index contributed by atoms with van der Waals surface area (Å²) in [6.45, 7) is 8.84. The van der Waals surface area contributed by atoms with Crippen molar-refractivity contribution >= 4 is 12.1 Å². The van der Waals surface area contributed by atoms with Gasteiger partial charge in [-0.05, 0) is 19.3 Å². The van der Waals surface area contributed by atoms with E-state index in [1.807, 2.05) is 13.8 Å². The molecule has 1 N–H and O–H groups in total. The average molecular weight is 400 g/mol. The largest absolute Gasteiger partial charge is 0.466 e. The Morgan fingerprint density at radius 3 is 1.75 bits per heavy atom. The molecule has 5 heteroatoms. The SMILES string of the molecule is CCCCCCCCCCCCCCOC(=O)CC(C)NC(=O)OCC(C)C. The molecule has 0 radical (unpaired) electrons. The maximum atomic E-state index is 11.8.